The van der Waals surface area contributed by atoms with Crippen LogP contribution in [0.4, 0.5) is 5.69 Å². The number of piperazine rings is 1. The molecule has 15 nitrogen and oxygen atoms in total. The summed E-state index contributed by atoms with van der Waals surface area (Å²) in [5, 5.41) is 31.2. The lowest BCUT2D eigenvalue weighted by molar-refractivity contribution is -0.134. The molecule has 1 amide bonds. The minimum Gasteiger partial charge on any atom is -0.387 e. The molecule has 1 atom stereocenters. The summed E-state index contributed by atoms with van der Waals surface area (Å²) in [5.74, 6) is -0.694. The average molecular weight is 528 g/mol. The molecule has 2 aliphatic rings. The SMILES string of the molecule is NS(=O)(=O)c1c(S(=O)(=O)/N=C\C2CCNC2)ccc(N2CCN(C(=O)CO)CC2)c1-c1nn[nH]n1. The topological polar surface area (TPSA) is 217 Å². The van der Waals surface area contributed by atoms with Crippen molar-refractivity contribution in [2.24, 2.45) is 15.5 Å². The summed E-state index contributed by atoms with van der Waals surface area (Å²) < 4.78 is 55.5. The van der Waals surface area contributed by atoms with Crippen LogP contribution in [0.25, 0.3) is 11.4 Å². The fourth-order valence-corrected chi connectivity index (χ4v) is 6.63. The molecule has 0 aliphatic carbocycles. The Kier molecular flexibility index (Phi) is 7.13. The maximum atomic E-state index is 13.1. The smallest absolute Gasteiger partial charge is 0.283 e. The highest BCUT2D eigenvalue weighted by molar-refractivity contribution is 7.93. The molecule has 35 heavy (non-hydrogen) atoms. The molecule has 1 unspecified atom stereocenters. The van der Waals surface area contributed by atoms with E-state index in [1.807, 2.05) is 0 Å². The van der Waals surface area contributed by atoms with E-state index in [1.54, 1.807) is 4.90 Å². The van der Waals surface area contributed by atoms with Gasteiger partial charge >= 0.3 is 0 Å². The highest BCUT2D eigenvalue weighted by Gasteiger charge is 2.34. The van der Waals surface area contributed by atoms with Gasteiger partial charge in [-0.1, -0.05) is 0 Å². The molecule has 1 aromatic carbocycles. The number of carbonyl (C=O) groups excluding carboxylic acids is 1. The van der Waals surface area contributed by atoms with E-state index in [9.17, 15) is 21.6 Å². The Morgan fingerprint density at radius 3 is 2.54 bits per heavy atom. The predicted octanol–water partition coefficient (Wildman–Crippen LogP) is -2.48. The van der Waals surface area contributed by atoms with Crippen molar-refractivity contribution in [2.45, 2.75) is 16.2 Å². The number of sulfonamides is 2. The molecule has 2 fully saturated rings. The third-order valence-electron chi connectivity index (χ3n) is 5.85. The van der Waals surface area contributed by atoms with Crippen LogP contribution in [-0.2, 0) is 24.8 Å². The van der Waals surface area contributed by atoms with Gasteiger partial charge in [0, 0.05) is 50.5 Å². The Morgan fingerprint density at radius 2 is 1.97 bits per heavy atom. The van der Waals surface area contributed by atoms with Crippen LogP contribution >= 0.6 is 0 Å². The number of aliphatic hydroxyl groups excluding tert-OH is 1. The zero-order chi connectivity index (χ0) is 25.2. The highest BCUT2D eigenvalue weighted by atomic mass is 32.2. The molecule has 2 saturated heterocycles. The molecule has 2 aromatic rings. The number of primary sulfonamides is 1. The predicted molar refractivity (Wildman–Crippen MR) is 124 cm³/mol. The minimum atomic E-state index is -4.61. The molecule has 5 N–H and O–H groups in total. The van der Waals surface area contributed by atoms with Crippen LogP contribution in [0.3, 0.4) is 0 Å². The number of nitrogens with two attached hydrogens (primary N) is 1. The molecule has 0 saturated carbocycles. The number of aliphatic hydroxyl groups is 1. The van der Waals surface area contributed by atoms with Gasteiger partial charge in [-0.2, -0.15) is 18.0 Å². The number of tetrazole rings is 1. The van der Waals surface area contributed by atoms with E-state index in [2.05, 4.69) is 30.3 Å². The summed E-state index contributed by atoms with van der Waals surface area (Å²) in [6, 6.07) is 2.58. The molecule has 4 rings (SSSR count). The Labute approximate surface area is 201 Å². The zero-order valence-electron chi connectivity index (χ0n) is 18.5. The number of aromatic nitrogens is 4. The number of amides is 1. The van der Waals surface area contributed by atoms with Gasteiger partial charge in [0.2, 0.25) is 21.8 Å². The van der Waals surface area contributed by atoms with Crippen molar-refractivity contribution in [3.63, 3.8) is 0 Å². The van der Waals surface area contributed by atoms with E-state index in [1.165, 1.54) is 17.2 Å². The first-order chi connectivity index (χ1) is 16.6. The summed E-state index contributed by atoms with van der Waals surface area (Å²) in [7, 11) is -9.06. The third kappa shape index (κ3) is 5.32. The van der Waals surface area contributed by atoms with Gasteiger partial charge in [0.1, 0.15) is 16.4 Å². The van der Waals surface area contributed by atoms with E-state index >= 15 is 0 Å². The van der Waals surface area contributed by atoms with E-state index in [0.29, 0.717) is 18.7 Å². The maximum Gasteiger partial charge on any atom is 0.283 e. The van der Waals surface area contributed by atoms with Crippen molar-refractivity contribution in [2.75, 3.05) is 50.8 Å². The van der Waals surface area contributed by atoms with E-state index in [-0.39, 0.29) is 43.5 Å². The number of nitrogens with zero attached hydrogens (tertiary/aromatic N) is 6. The minimum absolute atomic E-state index is 0.100. The Balaban J connectivity index is 1.82. The largest absolute Gasteiger partial charge is 0.387 e. The molecular weight excluding hydrogens is 502 g/mol. The quantitative estimate of drug-likeness (QED) is 0.276. The van der Waals surface area contributed by atoms with Gasteiger partial charge in [-0.05, 0) is 30.3 Å². The molecular formula is C18H25N9O6S2. The first-order valence-corrected chi connectivity index (χ1v) is 13.7. The van der Waals surface area contributed by atoms with Gasteiger partial charge in [-0.25, -0.2) is 13.6 Å². The van der Waals surface area contributed by atoms with Crippen LogP contribution in [-0.4, -0.2) is 105 Å². The number of hydrogen-bond donors (Lipinski definition) is 4. The molecule has 17 heteroatoms. The van der Waals surface area contributed by atoms with Gasteiger partial charge in [-0.3, -0.25) is 4.79 Å². The van der Waals surface area contributed by atoms with E-state index < -0.39 is 42.4 Å². The number of carbonyl (C=O) groups is 1. The van der Waals surface area contributed by atoms with Gasteiger partial charge in [0.15, 0.2) is 0 Å². The van der Waals surface area contributed by atoms with E-state index in [4.69, 9.17) is 10.2 Å². The van der Waals surface area contributed by atoms with Crippen molar-refractivity contribution >= 4 is 37.9 Å². The van der Waals surface area contributed by atoms with Gasteiger partial charge in [0.25, 0.3) is 10.0 Å². The summed E-state index contributed by atoms with van der Waals surface area (Å²) in [6.07, 6.45) is 2.00. The maximum absolute atomic E-state index is 13.1. The zero-order valence-corrected chi connectivity index (χ0v) is 20.2. The number of H-pyrrole nitrogens is 1. The number of aromatic amines is 1. The summed E-state index contributed by atoms with van der Waals surface area (Å²) in [4.78, 5) is 13.7. The summed E-state index contributed by atoms with van der Waals surface area (Å²) in [6.45, 7) is 1.75. The monoisotopic (exact) mass is 527 g/mol. The number of benzene rings is 1. The summed E-state index contributed by atoms with van der Waals surface area (Å²) in [5.41, 5.74) is 0.163. The average Bonchev–Trinajstić information content (AvgIpc) is 3.55. The number of anilines is 1. The van der Waals surface area contributed by atoms with Gasteiger partial charge in [0.05, 0.1) is 5.56 Å². The Morgan fingerprint density at radius 1 is 1.23 bits per heavy atom. The number of nitrogens with one attached hydrogen (secondary N) is 2. The van der Waals surface area contributed by atoms with Gasteiger partial charge < -0.3 is 20.2 Å². The second kappa shape index (κ2) is 9.94. The molecule has 2 aliphatic heterocycles. The van der Waals surface area contributed by atoms with E-state index in [0.717, 1.165) is 12.6 Å². The lowest BCUT2D eigenvalue weighted by Gasteiger charge is -2.36. The number of hydrogen-bond acceptors (Lipinski definition) is 11. The van der Waals surface area contributed by atoms with Crippen LogP contribution in [0.2, 0.25) is 0 Å². The van der Waals surface area contributed by atoms with Crippen LogP contribution in [0.5, 0.6) is 0 Å². The first-order valence-electron chi connectivity index (χ1n) is 10.7. The molecule has 0 bridgehead atoms. The Hall–Kier alpha value is -2.99. The molecule has 0 radical (unpaired) electrons. The van der Waals surface area contributed by atoms with Gasteiger partial charge in [-0.15, -0.1) is 10.2 Å². The van der Waals surface area contributed by atoms with Crippen molar-refractivity contribution in [1.82, 2.24) is 30.8 Å². The molecule has 0 spiro atoms. The fourth-order valence-electron chi connectivity index (χ4n) is 4.11. The summed E-state index contributed by atoms with van der Waals surface area (Å²) >= 11 is 0. The lowest BCUT2D eigenvalue weighted by Crippen LogP contribution is -2.49. The van der Waals surface area contributed by atoms with Crippen molar-refractivity contribution in [3.05, 3.63) is 12.1 Å². The molecule has 190 valence electrons. The third-order valence-corrected chi connectivity index (χ3v) is 8.27. The van der Waals surface area contributed by atoms with Crippen LogP contribution in [0.1, 0.15) is 6.42 Å². The molecule has 3 heterocycles. The Bertz CT molecular complexity index is 1310. The van der Waals surface area contributed by atoms with Crippen LogP contribution in [0, 0.1) is 5.92 Å². The normalized spacial score (nSPS) is 19.5. The fraction of sp³-hybridized carbons (Fsp3) is 0.500. The van der Waals surface area contributed by atoms with Crippen LogP contribution < -0.4 is 15.4 Å². The highest BCUT2D eigenvalue weighted by Crippen LogP contribution is 2.39. The van der Waals surface area contributed by atoms with Crippen molar-refractivity contribution in [3.8, 4) is 11.4 Å². The first kappa shape index (κ1) is 25.1. The lowest BCUT2D eigenvalue weighted by atomic mass is 10.1. The second-order valence-electron chi connectivity index (χ2n) is 8.08. The second-order valence-corrected chi connectivity index (χ2v) is 11.2. The van der Waals surface area contributed by atoms with Crippen molar-refractivity contribution < 1.29 is 26.7 Å². The molecule has 1 aromatic heterocycles. The number of rotatable bonds is 7. The standard InChI is InChI=1S/C18H25N9O6S2/c19-34(30,31)17-14(35(32,33)21-10-12-3-4-20-9-12)2-1-13(16(17)18-22-24-25-23-18)26-5-7-27(8-6-26)15(29)11-28/h1-2,10,12,20,28H,3-9,11H2,(H2,19,30,31)(H,22,23,24,25)/b21-10-. The van der Waals surface area contributed by atoms with Crippen LogP contribution in [0.15, 0.2) is 26.3 Å². The van der Waals surface area contributed by atoms with Crippen molar-refractivity contribution in [1.29, 1.82) is 0 Å².